The second kappa shape index (κ2) is 6.01. The number of carbonyl (C=O) groups excluding carboxylic acids is 1. The topological polar surface area (TPSA) is 86.5 Å². The Balaban J connectivity index is 3.27. The molecule has 0 aliphatic heterocycles. The van der Waals surface area contributed by atoms with Gasteiger partial charge < -0.3 is 4.74 Å². The zero-order chi connectivity index (χ0) is 13.9. The number of benzene rings is 1. The number of rotatable bonds is 4. The fraction of sp³-hybridized carbons (Fsp3) is 0.300. The Kier molecular flexibility index (Phi) is 5.15. The minimum Gasteiger partial charge on any atom is -0.462 e. The molecule has 1 rings (SSSR count). The summed E-state index contributed by atoms with van der Waals surface area (Å²) in [4.78, 5) is 11.5. The highest BCUT2D eigenvalue weighted by atomic mass is 79.9. The third kappa shape index (κ3) is 3.68. The van der Waals surface area contributed by atoms with E-state index in [9.17, 15) is 13.2 Å². The number of esters is 1. The molecule has 0 aliphatic rings. The maximum atomic E-state index is 11.7. The number of sulfonamides is 1. The third-order valence-corrected chi connectivity index (χ3v) is 4.14. The molecule has 8 heteroatoms. The summed E-state index contributed by atoms with van der Waals surface area (Å²) in [6.45, 7) is 2.07. The Morgan fingerprint density at radius 1 is 1.50 bits per heavy atom. The number of primary sulfonamides is 1. The van der Waals surface area contributed by atoms with Crippen molar-refractivity contribution in [3.63, 3.8) is 0 Å². The summed E-state index contributed by atoms with van der Waals surface area (Å²) in [7, 11) is -3.92. The van der Waals surface area contributed by atoms with Crippen LogP contribution in [0.4, 0.5) is 0 Å². The molecule has 0 bridgehead atoms. The van der Waals surface area contributed by atoms with E-state index in [4.69, 9.17) is 21.5 Å². The molecule has 0 heterocycles. The van der Waals surface area contributed by atoms with Crippen LogP contribution in [0.15, 0.2) is 21.5 Å². The minimum atomic E-state index is -3.92. The van der Waals surface area contributed by atoms with Crippen LogP contribution in [-0.2, 0) is 14.8 Å². The van der Waals surface area contributed by atoms with Gasteiger partial charge in [0.25, 0.3) is 0 Å². The number of hydrogen-bond acceptors (Lipinski definition) is 4. The zero-order valence-corrected chi connectivity index (χ0v) is 12.6. The number of ether oxygens (including phenoxy) is 1. The van der Waals surface area contributed by atoms with Crippen molar-refractivity contribution in [3.05, 3.63) is 27.2 Å². The lowest BCUT2D eigenvalue weighted by Crippen LogP contribution is -2.14. The van der Waals surface area contributed by atoms with Crippen LogP contribution in [0.25, 0.3) is 0 Å². The highest BCUT2D eigenvalue weighted by molar-refractivity contribution is 9.10. The maximum absolute atomic E-state index is 11.7. The Labute approximate surface area is 118 Å². The van der Waals surface area contributed by atoms with E-state index in [-0.39, 0.29) is 26.6 Å². The van der Waals surface area contributed by atoms with Crippen molar-refractivity contribution < 1.29 is 17.9 Å². The number of carbonyl (C=O) groups is 1. The first-order valence-electron chi connectivity index (χ1n) is 4.96. The van der Waals surface area contributed by atoms with Crippen LogP contribution in [0.5, 0.6) is 0 Å². The molecule has 0 saturated carbocycles. The lowest BCUT2D eigenvalue weighted by Gasteiger charge is -2.08. The van der Waals surface area contributed by atoms with Gasteiger partial charge in [0.1, 0.15) is 0 Å². The third-order valence-electron chi connectivity index (χ3n) is 1.99. The smallest absolute Gasteiger partial charge is 0.339 e. The van der Waals surface area contributed by atoms with Gasteiger partial charge in [-0.1, -0.05) is 18.5 Å². The highest BCUT2D eigenvalue weighted by Gasteiger charge is 2.19. The number of halogens is 2. The average molecular weight is 357 g/mol. The molecule has 0 spiro atoms. The van der Waals surface area contributed by atoms with Crippen LogP contribution < -0.4 is 5.14 Å². The van der Waals surface area contributed by atoms with Gasteiger partial charge in [0.2, 0.25) is 10.0 Å². The molecule has 0 saturated heterocycles. The van der Waals surface area contributed by atoms with E-state index in [1.807, 2.05) is 6.92 Å². The summed E-state index contributed by atoms with van der Waals surface area (Å²) >= 11 is 8.97. The lowest BCUT2D eigenvalue weighted by atomic mass is 10.2. The first-order chi connectivity index (χ1) is 8.27. The average Bonchev–Trinajstić information content (AvgIpc) is 2.27. The van der Waals surface area contributed by atoms with Crippen LogP contribution in [0, 0.1) is 0 Å². The summed E-state index contributed by atoms with van der Waals surface area (Å²) in [6, 6.07) is 2.33. The highest BCUT2D eigenvalue weighted by Crippen LogP contribution is 2.30. The molecule has 0 aromatic heterocycles. The van der Waals surface area contributed by atoms with Gasteiger partial charge in [-0.2, -0.15) is 0 Å². The molecule has 0 atom stereocenters. The molecule has 0 amide bonds. The molecule has 1 aromatic rings. The van der Waals surface area contributed by atoms with Gasteiger partial charge in [-0.3, -0.25) is 0 Å². The van der Waals surface area contributed by atoms with Crippen LogP contribution in [0.1, 0.15) is 23.7 Å². The van der Waals surface area contributed by atoms with Crippen molar-refractivity contribution >= 4 is 43.5 Å². The molecule has 0 radical (unpaired) electrons. The molecule has 5 nitrogen and oxygen atoms in total. The summed E-state index contributed by atoms with van der Waals surface area (Å²) in [5.41, 5.74) is -0.0384. The quantitative estimate of drug-likeness (QED) is 0.839. The van der Waals surface area contributed by atoms with E-state index >= 15 is 0 Å². The van der Waals surface area contributed by atoms with Gasteiger partial charge in [0.05, 0.1) is 22.1 Å². The molecular formula is C10H11BrClNO4S. The Morgan fingerprint density at radius 3 is 2.61 bits per heavy atom. The second-order valence-electron chi connectivity index (χ2n) is 3.45. The van der Waals surface area contributed by atoms with Gasteiger partial charge in [-0.25, -0.2) is 18.4 Å². The van der Waals surface area contributed by atoms with Gasteiger partial charge in [0.15, 0.2) is 0 Å². The molecule has 1 aromatic carbocycles. The predicted octanol–water partition coefficient (Wildman–Crippen LogP) is 2.32. The first-order valence-corrected chi connectivity index (χ1v) is 7.68. The van der Waals surface area contributed by atoms with Crippen molar-refractivity contribution in [1.29, 1.82) is 0 Å². The maximum Gasteiger partial charge on any atom is 0.339 e. The monoisotopic (exact) mass is 355 g/mol. The SMILES string of the molecule is CCCOC(=O)c1cc(S(N)(=O)=O)cc(Br)c1Cl. The number of nitrogens with two attached hydrogens (primary N) is 1. The Hall–Kier alpha value is -0.630. The molecule has 0 aliphatic carbocycles. The van der Waals surface area contributed by atoms with E-state index in [1.165, 1.54) is 6.07 Å². The summed E-state index contributed by atoms with van der Waals surface area (Å²) in [5.74, 6) is -0.687. The van der Waals surface area contributed by atoms with Crippen LogP contribution in [-0.4, -0.2) is 21.0 Å². The Morgan fingerprint density at radius 2 is 2.11 bits per heavy atom. The van der Waals surface area contributed by atoms with Crippen molar-refractivity contribution in [2.45, 2.75) is 18.2 Å². The lowest BCUT2D eigenvalue weighted by molar-refractivity contribution is 0.0505. The van der Waals surface area contributed by atoms with Gasteiger partial charge >= 0.3 is 5.97 Å². The van der Waals surface area contributed by atoms with Crippen molar-refractivity contribution in [2.75, 3.05) is 6.61 Å². The second-order valence-corrected chi connectivity index (χ2v) is 6.24. The molecule has 2 N–H and O–H groups in total. The first kappa shape index (κ1) is 15.4. The largest absolute Gasteiger partial charge is 0.462 e. The van der Waals surface area contributed by atoms with E-state index in [1.54, 1.807) is 0 Å². The molecule has 0 unspecified atom stereocenters. The van der Waals surface area contributed by atoms with Crippen molar-refractivity contribution in [3.8, 4) is 0 Å². The van der Waals surface area contributed by atoms with Crippen LogP contribution in [0.2, 0.25) is 5.02 Å². The van der Waals surface area contributed by atoms with Crippen molar-refractivity contribution in [2.24, 2.45) is 5.14 Å². The summed E-state index contributed by atoms with van der Waals surface area (Å²) in [6.07, 6.45) is 0.652. The van der Waals surface area contributed by atoms with E-state index in [2.05, 4.69) is 15.9 Å². The molecular weight excluding hydrogens is 346 g/mol. The summed E-state index contributed by atoms with van der Waals surface area (Å²) < 4.78 is 27.7. The fourth-order valence-electron chi connectivity index (χ4n) is 1.15. The minimum absolute atomic E-state index is 0.0384. The van der Waals surface area contributed by atoms with Gasteiger partial charge in [0, 0.05) is 4.47 Å². The number of hydrogen-bond donors (Lipinski definition) is 1. The van der Waals surface area contributed by atoms with Crippen molar-refractivity contribution in [1.82, 2.24) is 0 Å². The Bertz CT molecular complexity index is 573. The molecule has 18 heavy (non-hydrogen) atoms. The van der Waals surface area contributed by atoms with E-state index < -0.39 is 16.0 Å². The van der Waals surface area contributed by atoms with Gasteiger partial charge in [-0.05, 0) is 34.5 Å². The zero-order valence-electron chi connectivity index (χ0n) is 9.44. The van der Waals surface area contributed by atoms with Crippen LogP contribution >= 0.6 is 27.5 Å². The van der Waals surface area contributed by atoms with E-state index in [0.29, 0.717) is 6.42 Å². The standard InChI is InChI=1S/C10H11BrClNO4S/c1-2-3-17-10(14)7-4-6(18(13,15)16)5-8(11)9(7)12/h4-5H,2-3H2,1H3,(H2,13,15,16). The van der Waals surface area contributed by atoms with Gasteiger partial charge in [-0.15, -0.1) is 0 Å². The van der Waals surface area contributed by atoms with Crippen LogP contribution in [0.3, 0.4) is 0 Å². The predicted molar refractivity (Wildman–Crippen MR) is 71.1 cm³/mol. The fourth-order valence-corrected chi connectivity index (χ4v) is 2.51. The molecule has 0 fully saturated rings. The summed E-state index contributed by atoms with van der Waals surface area (Å²) in [5, 5.41) is 5.09. The molecule has 100 valence electrons. The normalized spacial score (nSPS) is 11.3. The van der Waals surface area contributed by atoms with E-state index in [0.717, 1.165) is 6.07 Å².